The number of anilines is 1. The number of halogens is 1. The summed E-state index contributed by atoms with van der Waals surface area (Å²) in [6, 6.07) is 1.45. The van der Waals surface area contributed by atoms with Gasteiger partial charge in [0, 0.05) is 13.3 Å². The SMILES string of the molecule is COCC(NC(=O)c1cnc(N)c(Cl)c1)C(C)C. The Morgan fingerprint density at radius 1 is 1.61 bits per heavy atom. The molecule has 0 aliphatic heterocycles. The molecule has 3 N–H and O–H groups in total. The van der Waals surface area contributed by atoms with Gasteiger partial charge in [0.05, 0.1) is 23.2 Å². The summed E-state index contributed by atoms with van der Waals surface area (Å²) in [5, 5.41) is 3.15. The van der Waals surface area contributed by atoms with Gasteiger partial charge in [-0.05, 0) is 12.0 Å². The molecule has 1 heterocycles. The first-order valence-corrected chi connectivity index (χ1v) is 6.04. The van der Waals surface area contributed by atoms with E-state index in [1.165, 1.54) is 12.3 Å². The molecule has 0 fully saturated rings. The van der Waals surface area contributed by atoms with Crippen LogP contribution in [0.4, 0.5) is 5.82 Å². The molecule has 0 radical (unpaired) electrons. The second kappa shape index (κ2) is 6.56. The summed E-state index contributed by atoms with van der Waals surface area (Å²) in [6.45, 7) is 4.48. The molecular weight excluding hydrogens is 254 g/mol. The first kappa shape index (κ1) is 14.7. The number of nitrogens with two attached hydrogens (primary N) is 1. The number of methoxy groups -OCH3 is 1. The van der Waals surface area contributed by atoms with E-state index in [9.17, 15) is 4.79 Å². The molecule has 0 aliphatic rings. The van der Waals surface area contributed by atoms with Gasteiger partial charge in [0.25, 0.3) is 5.91 Å². The molecule has 1 atom stereocenters. The molecule has 0 spiro atoms. The fourth-order valence-electron chi connectivity index (χ4n) is 1.40. The van der Waals surface area contributed by atoms with Gasteiger partial charge in [0.1, 0.15) is 5.82 Å². The van der Waals surface area contributed by atoms with Crippen LogP contribution in [0.3, 0.4) is 0 Å². The van der Waals surface area contributed by atoms with Gasteiger partial charge >= 0.3 is 0 Å². The summed E-state index contributed by atoms with van der Waals surface area (Å²) in [4.78, 5) is 15.8. The van der Waals surface area contributed by atoms with Crippen molar-refractivity contribution >= 4 is 23.3 Å². The van der Waals surface area contributed by atoms with Gasteiger partial charge in [-0.3, -0.25) is 4.79 Å². The van der Waals surface area contributed by atoms with Crippen LogP contribution in [-0.4, -0.2) is 30.6 Å². The van der Waals surface area contributed by atoms with E-state index >= 15 is 0 Å². The van der Waals surface area contributed by atoms with E-state index in [2.05, 4.69) is 10.3 Å². The lowest BCUT2D eigenvalue weighted by molar-refractivity contribution is 0.0866. The summed E-state index contributed by atoms with van der Waals surface area (Å²) in [5.74, 6) is 0.247. The van der Waals surface area contributed by atoms with Crippen molar-refractivity contribution in [3.05, 3.63) is 22.8 Å². The Morgan fingerprint density at radius 3 is 2.78 bits per heavy atom. The highest BCUT2D eigenvalue weighted by Gasteiger charge is 2.17. The Morgan fingerprint density at radius 2 is 2.28 bits per heavy atom. The molecule has 0 saturated carbocycles. The number of carbonyl (C=O) groups is 1. The summed E-state index contributed by atoms with van der Waals surface area (Å²) in [5.41, 5.74) is 5.88. The van der Waals surface area contributed by atoms with Crippen LogP contribution in [0.5, 0.6) is 0 Å². The van der Waals surface area contributed by atoms with Crippen molar-refractivity contribution in [2.75, 3.05) is 19.5 Å². The minimum atomic E-state index is -0.236. The summed E-state index contributed by atoms with van der Waals surface area (Å²) < 4.78 is 5.07. The zero-order valence-corrected chi connectivity index (χ0v) is 11.5. The van der Waals surface area contributed by atoms with Crippen molar-refractivity contribution < 1.29 is 9.53 Å². The molecule has 0 aliphatic carbocycles. The van der Waals surface area contributed by atoms with Crippen LogP contribution in [0.1, 0.15) is 24.2 Å². The molecule has 18 heavy (non-hydrogen) atoms. The summed E-state index contributed by atoms with van der Waals surface area (Å²) >= 11 is 5.83. The third-order valence-electron chi connectivity index (χ3n) is 2.60. The van der Waals surface area contributed by atoms with E-state index < -0.39 is 0 Å². The highest BCUT2D eigenvalue weighted by molar-refractivity contribution is 6.33. The zero-order chi connectivity index (χ0) is 13.7. The highest BCUT2D eigenvalue weighted by atomic mass is 35.5. The van der Waals surface area contributed by atoms with E-state index in [-0.39, 0.29) is 28.7 Å². The normalized spacial score (nSPS) is 12.5. The van der Waals surface area contributed by atoms with E-state index in [1.54, 1.807) is 7.11 Å². The van der Waals surface area contributed by atoms with Gasteiger partial charge in [0.2, 0.25) is 0 Å². The van der Waals surface area contributed by atoms with Gasteiger partial charge < -0.3 is 15.8 Å². The number of hydrogen-bond donors (Lipinski definition) is 2. The Hall–Kier alpha value is -1.33. The lowest BCUT2D eigenvalue weighted by Crippen LogP contribution is -2.41. The molecule has 5 nitrogen and oxygen atoms in total. The maximum absolute atomic E-state index is 12.0. The fourth-order valence-corrected chi connectivity index (χ4v) is 1.57. The fraction of sp³-hybridized carbons (Fsp3) is 0.500. The lowest BCUT2D eigenvalue weighted by Gasteiger charge is -2.21. The first-order chi connectivity index (χ1) is 8.45. The molecule has 1 unspecified atom stereocenters. The van der Waals surface area contributed by atoms with Gasteiger partial charge in [-0.15, -0.1) is 0 Å². The van der Waals surface area contributed by atoms with Gasteiger partial charge in [0.15, 0.2) is 0 Å². The Bertz CT molecular complexity index is 424. The van der Waals surface area contributed by atoms with Crippen molar-refractivity contribution in [2.45, 2.75) is 19.9 Å². The number of ether oxygens (including phenoxy) is 1. The summed E-state index contributed by atoms with van der Waals surface area (Å²) in [7, 11) is 1.60. The van der Waals surface area contributed by atoms with E-state index in [1.807, 2.05) is 13.8 Å². The van der Waals surface area contributed by atoms with Gasteiger partial charge in [-0.2, -0.15) is 0 Å². The second-order valence-electron chi connectivity index (χ2n) is 4.37. The standard InChI is InChI=1S/C12H18ClN3O2/c1-7(2)10(6-18-3)16-12(17)8-4-9(13)11(14)15-5-8/h4-5,7,10H,6H2,1-3H3,(H2,14,15)(H,16,17). The van der Waals surface area contributed by atoms with Crippen molar-refractivity contribution in [1.82, 2.24) is 10.3 Å². The monoisotopic (exact) mass is 271 g/mol. The molecule has 6 heteroatoms. The summed E-state index contributed by atoms with van der Waals surface area (Å²) in [6.07, 6.45) is 1.40. The second-order valence-corrected chi connectivity index (χ2v) is 4.78. The number of carbonyl (C=O) groups excluding carboxylic acids is 1. The van der Waals surface area contributed by atoms with E-state index in [0.29, 0.717) is 12.2 Å². The molecule has 1 aromatic rings. The third-order valence-corrected chi connectivity index (χ3v) is 2.90. The molecule has 1 aromatic heterocycles. The van der Waals surface area contributed by atoms with Crippen LogP contribution in [0.2, 0.25) is 5.02 Å². The van der Waals surface area contributed by atoms with E-state index in [0.717, 1.165) is 0 Å². The third kappa shape index (κ3) is 3.85. The smallest absolute Gasteiger partial charge is 0.253 e. The van der Waals surface area contributed by atoms with E-state index in [4.69, 9.17) is 22.1 Å². The minimum Gasteiger partial charge on any atom is -0.383 e. The van der Waals surface area contributed by atoms with Crippen LogP contribution >= 0.6 is 11.6 Å². The van der Waals surface area contributed by atoms with Crippen molar-refractivity contribution in [3.8, 4) is 0 Å². The average molecular weight is 272 g/mol. The lowest BCUT2D eigenvalue weighted by atomic mass is 10.0. The molecule has 100 valence electrons. The number of aromatic nitrogens is 1. The molecule has 1 amide bonds. The number of nitrogens with one attached hydrogen (secondary N) is 1. The number of nitrogens with zero attached hydrogens (tertiary/aromatic N) is 1. The average Bonchev–Trinajstić information content (AvgIpc) is 2.31. The minimum absolute atomic E-state index is 0.0566. The van der Waals surface area contributed by atoms with Crippen LogP contribution in [0.15, 0.2) is 12.3 Å². The van der Waals surface area contributed by atoms with Crippen molar-refractivity contribution in [1.29, 1.82) is 0 Å². The molecule has 0 aromatic carbocycles. The maximum atomic E-state index is 12.0. The van der Waals surface area contributed by atoms with Crippen molar-refractivity contribution in [2.24, 2.45) is 5.92 Å². The number of hydrogen-bond acceptors (Lipinski definition) is 4. The molecule has 1 rings (SSSR count). The predicted molar refractivity (Wildman–Crippen MR) is 71.6 cm³/mol. The van der Waals surface area contributed by atoms with Gasteiger partial charge in [-0.1, -0.05) is 25.4 Å². The molecular formula is C12H18ClN3O2. The molecule has 0 saturated heterocycles. The first-order valence-electron chi connectivity index (χ1n) is 5.66. The predicted octanol–water partition coefficient (Wildman–Crippen LogP) is 1.72. The van der Waals surface area contributed by atoms with Crippen LogP contribution in [0, 0.1) is 5.92 Å². The molecule has 0 bridgehead atoms. The zero-order valence-electron chi connectivity index (χ0n) is 10.7. The maximum Gasteiger partial charge on any atom is 0.253 e. The Kier molecular flexibility index (Phi) is 5.37. The highest BCUT2D eigenvalue weighted by Crippen LogP contribution is 2.17. The van der Waals surface area contributed by atoms with Crippen LogP contribution in [0.25, 0.3) is 0 Å². The number of amides is 1. The number of rotatable bonds is 5. The number of nitrogen functional groups attached to an aromatic ring is 1. The quantitative estimate of drug-likeness (QED) is 0.855. The Balaban J connectivity index is 2.77. The van der Waals surface area contributed by atoms with Crippen LogP contribution in [-0.2, 0) is 4.74 Å². The van der Waals surface area contributed by atoms with Crippen molar-refractivity contribution in [3.63, 3.8) is 0 Å². The van der Waals surface area contributed by atoms with Gasteiger partial charge in [-0.25, -0.2) is 4.98 Å². The number of pyridine rings is 1. The largest absolute Gasteiger partial charge is 0.383 e. The van der Waals surface area contributed by atoms with Crippen LogP contribution < -0.4 is 11.1 Å². The topological polar surface area (TPSA) is 77.2 Å². The Labute approximate surface area is 112 Å².